The number of esters is 1. The molecule has 7 rings (SSSR count). The molecule has 0 radical (unpaired) electrons. The maximum atomic E-state index is 13.6. The lowest BCUT2D eigenvalue weighted by Gasteiger charge is -2.41. The van der Waals surface area contributed by atoms with Crippen molar-refractivity contribution >= 4 is 17.4 Å². The van der Waals surface area contributed by atoms with Crippen molar-refractivity contribution in [2.24, 2.45) is 0 Å². The lowest BCUT2D eigenvalue weighted by Crippen LogP contribution is -2.45. The van der Waals surface area contributed by atoms with Gasteiger partial charge in [-0.05, 0) is 92.0 Å². The second kappa shape index (κ2) is 14.0. The largest absolute Gasteiger partial charge is 0.490 e. The number of ether oxygens (including phenoxy) is 4. The van der Waals surface area contributed by atoms with Crippen LogP contribution in [0.1, 0.15) is 83.7 Å². The van der Waals surface area contributed by atoms with E-state index in [0.717, 1.165) is 58.8 Å². The molecule has 0 aliphatic carbocycles. The molecule has 1 saturated heterocycles. The number of hydrogen-bond acceptors (Lipinski definition) is 8. The fourth-order valence-corrected chi connectivity index (χ4v) is 6.69. The van der Waals surface area contributed by atoms with Crippen LogP contribution in [0.25, 0.3) is 28.0 Å². The third-order valence-electron chi connectivity index (χ3n) is 9.25. The molecule has 5 heterocycles. The summed E-state index contributed by atoms with van der Waals surface area (Å²) < 4.78 is 27.0. The average molecular weight is 667 g/mol. The zero-order valence-corrected chi connectivity index (χ0v) is 30.2. The van der Waals surface area contributed by atoms with Crippen molar-refractivity contribution in [1.82, 2.24) is 14.6 Å². The van der Waals surface area contributed by atoms with E-state index in [1.807, 2.05) is 45.2 Å². The van der Waals surface area contributed by atoms with E-state index in [1.54, 1.807) is 0 Å². The van der Waals surface area contributed by atoms with E-state index in [-0.39, 0.29) is 18.3 Å². The molecule has 0 N–H and O–H groups in total. The van der Waals surface area contributed by atoms with Crippen LogP contribution in [0.15, 0.2) is 60.7 Å². The van der Waals surface area contributed by atoms with Crippen LogP contribution in [0.5, 0.6) is 5.75 Å². The Hall–Kier alpha value is -4.21. The van der Waals surface area contributed by atoms with Crippen LogP contribution < -0.4 is 9.64 Å². The van der Waals surface area contributed by atoms with Crippen LogP contribution in [0.2, 0.25) is 0 Å². The molecular weight excluding hydrogens is 616 g/mol. The molecule has 260 valence electrons. The average Bonchev–Trinajstić information content (AvgIpc) is 3.47. The summed E-state index contributed by atoms with van der Waals surface area (Å²) in [6.45, 7) is 18.2. The van der Waals surface area contributed by atoms with Gasteiger partial charge in [-0.25, -0.2) is 9.78 Å². The van der Waals surface area contributed by atoms with Gasteiger partial charge in [0.1, 0.15) is 11.6 Å². The van der Waals surface area contributed by atoms with Gasteiger partial charge >= 0.3 is 5.97 Å². The first-order chi connectivity index (χ1) is 23.3. The van der Waals surface area contributed by atoms with Crippen LogP contribution in [0, 0.1) is 13.8 Å². The zero-order chi connectivity index (χ0) is 34.9. The summed E-state index contributed by atoms with van der Waals surface area (Å²) in [5.74, 6) is 1.20. The normalized spacial score (nSPS) is 20.6. The number of aryl methyl sites for hydroxylation is 2. The van der Waals surface area contributed by atoms with Crippen LogP contribution >= 0.6 is 0 Å². The van der Waals surface area contributed by atoms with Crippen molar-refractivity contribution < 1.29 is 23.7 Å². The van der Waals surface area contributed by atoms with Gasteiger partial charge in [0.15, 0.2) is 11.8 Å². The molecule has 4 aromatic rings. The second-order valence-electron chi connectivity index (χ2n) is 14.6. The van der Waals surface area contributed by atoms with Crippen molar-refractivity contribution in [3.05, 3.63) is 77.5 Å². The molecule has 1 fully saturated rings. The molecule has 2 atom stereocenters. The van der Waals surface area contributed by atoms with Crippen molar-refractivity contribution in [3.63, 3.8) is 0 Å². The second-order valence-corrected chi connectivity index (χ2v) is 14.6. The zero-order valence-electron chi connectivity index (χ0n) is 30.2. The number of hydrogen-bond donors (Lipinski definition) is 0. The number of carbonyl (C=O) groups excluding carboxylic acids is 1. The maximum absolute atomic E-state index is 13.6. The highest BCUT2D eigenvalue weighted by Crippen LogP contribution is 2.40. The summed E-state index contributed by atoms with van der Waals surface area (Å²) in [5, 5.41) is 5.20. The van der Waals surface area contributed by atoms with E-state index < -0.39 is 17.7 Å². The highest BCUT2D eigenvalue weighted by Gasteiger charge is 2.38. The van der Waals surface area contributed by atoms with Crippen LogP contribution in [0.4, 0.5) is 5.82 Å². The van der Waals surface area contributed by atoms with Crippen molar-refractivity contribution in [3.8, 4) is 28.1 Å². The van der Waals surface area contributed by atoms with Gasteiger partial charge in [-0.15, -0.1) is 0 Å². The van der Waals surface area contributed by atoms with Gasteiger partial charge in [0.25, 0.3) is 0 Å². The summed E-state index contributed by atoms with van der Waals surface area (Å²) in [7, 11) is 0. The molecular formula is C40H50N4O5. The van der Waals surface area contributed by atoms with Crippen molar-refractivity contribution in [2.45, 2.75) is 98.1 Å². The Balaban J connectivity index is 1.55. The van der Waals surface area contributed by atoms with Gasteiger partial charge in [0.2, 0.25) is 0 Å². The van der Waals surface area contributed by atoms with Gasteiger partial charge in [0.05, 0.1) is 41.8 Å². The fraction of sp³-hybridized carbons (Fsp3) is 0.475. The standard InChI is InChI=1S/C40H50N4O5/c1-9-46-38(45)36(49-39(5,6)7)35-28(4)41-34-25-32-30-15-12-14-29(24-30)31-23-26(2)16-17-33(31)48-27(3)13-10-11-22-47-40(8)18-20-43(21-19-40)37(35)44(34)42-32/h10-12,14-17,23-25,27,36H,9,13,18-22H2,1-8H3/t27-,36-/m0/s1. The molecule has 6 bridgehead atoms. The van der Waals surface area contributed by atoms with E-state index in [4.69, 9.17) is 29.0 Å². The number of nitrogens with zero attached hydrogens (tertiary/aromatic N) is 4. The summed E-state index contributed by atoms with van der Waals surface area (Å²) >= 11 is 0. The predicted octanol–water partition coefficient (Wildman–Crippen LogP) is 8.20. The first kappa shape index (κ1) is 34.6. The number of benzene rings is 2. The van der Waals surface area contributed by atoms with Crippen LogP contribution in [-0.2, 0) is 19.0 Å². The van der Waals surface area contributed by atoms with E-state index in [2.05, 4.69) is 80.3 Å². The number of aromatic nitrogens is 3. The van der Waals surface area contributed by atoms with Gasteiger partial charge in [-0.1, -0.05) is 42.0 Å². The minimum Gasteiger partial charge on any atom is -0.490 e. The van der Waals surface area contributed by atoms with Gasteiger partial charge in [-0.3, -0.25) is 0 Å². The molecule has 3 aliphatic rings. The third-order valence-corrected chi connectivity index (χ3v) is 9.25. The van der Waals surface area contributed by atoms with E-state index in [0.29, 0.717) is 36.6 Å². The van der Waals surface area contributed by atoms with E-state index in [1.165, 1.54) is 0 Å². The molecule has 0 saturated carbocycles. The number of fused-ring (bicyclic) bond motifs is 7. The maximum Gasteiger partial charge on any atom is 0.340 e. The first-order valence-electron chi connectivity index (χ1n) is 17.5. The monoisotopic (exact) mass is 666 g/mol. The summed E-state index contributed by atoms with van der Waals surface area (Å²) in [5.41, 5.74) is 6.13. The van der Waals surface area contributed by atoms with Crippen LogP contribution in [0.3, 0.4) is 0 Å². The number of anilines is 1. The molecule has 0 amide bonds. The highest BCUT2D eigenvalue weighted by atomic mass is 16.6. The Morgan fingerprint density at radius 2 is 1.82 bits per heavy atom. The smallest absolute Gasteiger partial charge is 0.340 e. The quantitative estimate of drug-likeness (QED) is 0.159. The SMILES string of the molecule is CCOC(=O)[C@@H](OC(C)(C)C)c1c(C)nc2cc3nn2c1N1CCC(C)(CC1)OCC=CC[C@H](C)Oc1ccc(C)cc1-c1cccc-3c1. The Bertz CT molecular complexity index is 1850. The topological polar surface area (TPSA) is 87.4 Å². The van der Waals surface area contributed by atoms with Gasteiger partial charge in [0, 0.05) is 42.4 Å². The molecule has 0 spiro atoms. The lowest BCUT2D eigenvalue weighted by molar-refractivity contribution is -0.166. The first-order valence-corrected chi connectivity index (χ1v) is 17.5. The summed E-state index contributed by atoms with van der Waals surface area (Å²) in [6.07, 6.45) is 5.64. The number of piperidine rings is 1. The summed E-state index contributed by atoms with van der Waals surface area (Å²) in [4.78, 5) is 21.0. The fourth-order valence-electron chi connectivity index (χ4n) is 6.69. The Morgan fingerprint density at radius 1 is 1.06 bits per heavy atom. The molecule has 3 aliphatic heterocycles. The van der Waals surface area contributed by atoms with E-state index in [9.17, 15) is 4.79 Å². The Labute approximate surface area is 290 Å². The van der Waals surface area contributed by atoms with Crippen molar-refractivity contribution in [1.29, 1.82) is 0 Å². The highest BCUT2D eigenvalue weighted by molar-refractivity contribution is 5.81. The van der Waals surface area contributed by atoms with Crippen molar-refractivity contribution in [2.75, 3.05) is 31.2 Å². The van der Waals surface area contributed by atoms with E-state index >= 15 is 0 Å². The Morgan fingerprint density at radius 3 is 2.55 bits per heavy atom. The van der Waals surface area contributed by atoms with Crippen LogP contribution in [-0.4, -0.2) is 64.2 Å². The molecule has 49 heavy (non-hydrogen) atoms. The third kappa shape index (κ3) is 7.68. The molecule has 9 nitrogen and oxygen atoms in total. The molecule has 2 aromatic heterocycles. The lowest BCUT2D eigenvalue weighted by atomic mass is 9.92. The predicted molar refractivity (Wildman–Crippen MR) is 193 cm³/mol. The number of carbonyl (C=O) groups is 1. The molecule has 0 unspecified atom stereocenters. The summed E-state index contributed by atoms with van der Waals surface area (Å²) in [6, 6.07) is 16.7. The minimum absolute atomic E-state index is 0.00798. The minimum atomic E-state index is -0.981. The van der Waals surface area contributed by atoms with Gasteiger partial charge in [-0.2, -0.15) is 9.61 Å². The number of rotatable bonds is 4. The van der Waals surface area contributed by atoms with Gasteiger partial charge < -0.3 is 23.8 Å². The molecule has 2 aromatic carbocycles. The Kier molecular flexibility index (Phi) is 9.87. The molecule has 9 heteroatoms.